The summed E-state index contributed by atoms with van der Waals surface area (Å²) in [7, 11) is 3.43. The van der Waals surface area contributed by atoms with Crippen molar-refractivity contribution < 1.29 is 15.0 Å². The minimum atomic E-state index is -1.53. The van der Waals surface area contributed by atoms with Crippen molar-refractivity contribution in [3.05, 3.63) is 7.05 Å². The van der Waals surface area contributed by atoms with Crippen molar-refractivity contribution in [1.82, 2.24) is 4.90 Å². The van der Waals surface area contributed by atoms with Gasteiger partial charge in [-0.3, -0.25) is 4.90 Å². The number of hydrogen-bond acceptors (Lipinski definition) is 3. The van der Waals surface area contributed by atoms with Crippen LogP contribution in [0.3, 0.4) is 0 Å². The molecule has 0 aromatic heterocycles. The second kappa shape index (κ2) is 1.68. The van der Waals surface area contributed by atoms with Gasteiger partial charge < -0.3 is 10.2 Å². The van der Waals surface area contributed by atoms with Gasteiger partial charge in [-0.05, 0) is 0 Å². The van der Waals surface area contributed by atoms with Crippen LogP contribution in [0.4, 0.5) is 0 Å². The number of nitrogens with zero attached hydrogens (tertiary/aromatic N) is 1. The highest BCUT2D eigenvalue weighted by atomic mass is 16.4. The van der Waals surface area contributed by atoms with Gasteiger partial charge in [-0.2, -0.15) is 0 Å². The lowest BCUT2D eigenvalue weighted by molar-refractivity contribution is -0.173. The average molecular weight is 130 g/mol. The molecular formula is C5H8NO3. The molecule has 2 N–H and O–H groups in total. The van der Waals surface area contributed by atoms with Crippen molar-refractivity contribution in [2.45, 2.75) is 5.60 Å². The summed E-state index contributed by atoms with van der Waals surface area (Å²) in [6.45, 7) is 0.255. The molecule has 0 aliphatic carbocycles. The number of hydrogen-bond donors (Lipinski definition) is 2. The van der Waals surface area contributed by atoms with Gasteiger partial charge in [0.15, 0.2) is 5.60 Å². The fourth-order valence-corrected chi connectivity index (χ4v) is 0.829. The van der Waals surface area contributed by atoms with Crippen molar-refractivity contribution in [3.63, 3.8) is 0 Å². The van der Waals surface area contributed by atoms with E-state index in [9.17, 15) is 4.79 Å². The van der Waals surface area contributed by atoms with E-state index in [-0.39, 0.29) is 13.1 Å². The van der Waals surface area contributed by atoms with Crippen LogP contribution in [-0.2, 0) is 4.79 Å². The van der Waals surface area contributed by atoms with E-state index in [0.717, 1.165) is 0 Å². The number of aliphatic carboxylic acids is 1. The first kappa shape index (κ1) is 6.51. The lowest BCUT2D eigenvalue weighted by Crippen LogP contribution is -2.63. The van der Waals surface area contributed by atoms with Crippen LogP contribution in [0, 0.1) is 7.05 Å². The van der Waals surface area contributed by atoms with Crippen LogP contribution in [0.2, 0.25) is 0 Å². The Labute approximate surface area is 52.7 Å². The third-order valence-corrected chi connectivity index (χ3v) is 1.37. The van der Waals surface area contributed by atoms with Gasteiger partial charge in [0, 0.05) is 20.1 Å². The number of aliphatic hydroxyl groups is 1. The van der Waals surface area contributed by atoms with E-state index in [4.69, 9.17) is 10.2 Å². The van der Waals surface area contributed by atoms with Crippen molar-refractivity contribution in [2.75, 3.05) is 13.1 Å². The number of carboxylic acids is 1. The lowest BCUT2D eigenvalue weighted by Gasteiger charge is -2.40. The van der Waals surface area contributed by atoms with Crippen LogP contribution < -0.4 is 0 Å². The van der Waals surface area contributed by atoms with Crippen LogP contribution in [0.15, 0.2) is 0 Å². The Hall–Kier alpha value is -0.610. The lowest BCUT2D eigenvalue weighted by atomic mass is 9.96. The summed E-state index contributed by atoms with van der Waals surface area (Å²) in [6, 6.07) is 0. The molecule has 0 aromatic carbocycles. The maximum absolute atomic E-state index is 10.1. The zero-order valence-corrected chi connectivity index (χ0v) is 4.87. The molecule has 0 atom stereocenters. The van der Waals surface area contributed by atoms with E-state index in [1.165, 1.54) is 4.90 Å². The quantitative estimate of drug-likeness (QED) is 0.473. The predicted octanol–water partition coefficient (Wildman–Crippen LogP) is -1.09. The fourth-order valence-electron chi connectivity index (χ4n) is 0.829. The summed E-state index contributed by atoms with van der Waals surface area (Å²) in [5, 5.41) is 17.3. The maximum Gasteiger partial charge on any atom is 0.338 e. The average Bonchev–Trinajstić information content (AvgIpc) is 1.62. The molecule has 0 saturated carbocycles. The molecule has 1 heterocycles. The van der Waals surface area contributed by atoms with E-state index in [2.05, 4.69) is 7.05 Å². The van der Waals surface area contributed by atoms with Crippen LogP contribution in [0.5, 0.6) is 0 Å². The second-order valence-electron chi connectivity index (χ2n) is 2.32. The molecule has 0 amide bonds. The largest absolute Gasteiger partial charge is 0.479 e. The summed E-state index contributed by atoms with van der Waals surface area (Å²) >= 11 is 0. The Morgan fingerprint density at radius 2 is 2.11 bits per heavy atom. The Kier molecular flexibility index (Phi) is 1.22. The molecule has 0 unspecified atom stereocenters. The normalized spacial score (nSPS) is 25.1. The fraction of sp³-hybridized carbons (Fsp3) is 0.600. The monoisotopic (exact) mass is 130 g/mol. The molecule has 1 radical (unpaired) electrons. The van der Waals surface area contributed by atoms with Crippen molar-refractivity contribution in [1.29, 1.82) is 0 Å². The molecule has 0 bridgehead atoms. The van der Waals surface area contributed by atoms with Gasteiger partial charge in [0.1, 0.15) is 0 Å². The molecule has 1 aliphatic rings. The van der Waals surface area contributed by atoms with Crippen molar-refractivity contribution >= 4 is 5.97 Å². The minimum absolute atomic E-state index is 0.127. The van der Waals surface area contributed by atoms with Gasteiger partial charge in [-0.1, -0.05) is 0 Å². The molecule has 51 valence electrons. The third kappa shape index (κ3) is 0.906. The van der Waals surface area contributed by atoms with E-state index in [1.807, 2.05) is 0 Å². The van der Waals surface area contributed by atoms with Gasteiger partial charge in [0.05, 0.1) is 0 Å². The molecule has 1 rings (SSSR count). The first-order valence-electron chi connectivity index (χ1n) is 2.56. The second-order valence-corrected chi connectivity index (χ2v) is 2.32. The summed E-state index contributed by atoms with van der Waals surface area (Å²) < 4.78 is 0. The summed E-state index contributed by atoms with van der Waals surface area (Å²) in [5.74, 6) is -1.16. The Morgan fingerprint density at radius 1 is 1.67 bits per heavy atom. The number of likely N-dealkylation sites (tertiary alicyclic amines) is 1. The Bertz CT molecular complexity index is 139. The molecule has 0 spiro atoms. The zero-order valence-electron chi connectivity index (χ0n) is 4.87. The molecule has 1 fully saturated rings. The van der Waals surface area contributed by atoms with Gasteiger partial charge in [-0.25, -0.2) is 4.79 Å². The Balaban J connectivity index is 2.50. The number of carboxylic acid groups (broad SMARTS) is 1. The zero-order chi connectivity index (χ0) is 7.07. The minimum Gasteiger partial charge on any atom is -0.479 e. The maximum atomic E-state index is 10.1. The van der Waals surface area contributed by atoms with E-state index in [0.29, 0.717) is 0 Å². The van der Waals surface area contributed by atoms with E-state index >= 15 is 0 Å². The molecule has 9 heavy (non-hydrogen) atoms. The standard InChI is InChI=1S/C5H8NO3/c1-6-2-5(9,3-6)4(7)8/h9H,1-3H2,(H,7,8). The van der Waals surface area contributed by atoms with E-state index in [1.54, 1.807) is 0 Å². The Morgan fingerprint density at radius 3 is 2.22 bits per heavy atom. The summed E-state index contributed by atoms with van der Waals surface area (Å²) in [4.78, 5) is 11.6. The van der Waals surface area contributed by atoms with Crippen molar-refractivity contribution in [3.8, 4) is 0 Å². The summed E-state index contributed by atoms with van der Waals surface area (Å²) in [5.41, 5.74) is -1.53. The van der Waals surface area contributed by atoms with Crippen LogP contribution in [0.1, 0.15) is 0 Å². The smallest absolute Gasteiger partial charge is 0.338 e. The molecule has 1 aliphatic heterocycles. The highest BCUT2D eigenvalue weighted by Gasteiger charge is 2.46. The molecular weight excluding hydrogens is 122 g/mol. The number of β-amino-alcohol motifs (C(OH)–C–C–N with tert-alkyl or cyclic N) is 1. The van der Waals surface area contributed by atoms with Gasteiger partial charge >= 0.3 is 5.97 Å². The van der Waals surface area contributed by atoms with Gasteiger partial charge in [0.25, 0.3) is 0 Å². The summed E-state index contributed by atoms with van der Waals surface area (Å²) in [6.07, 6.45) is 0. The highest BCUT2D eigenvalue weighted by molar-refractivity contribution is 5.79. The third-order valence-electron chi connectivity index (χ3n) is 1.37. The first-order chi connectivity index (χ1) is 4.04. The number of rotatable bonds is 1. The van der Waals surface area contributed by atoms with Crippen LogP contribution in [0.25, 0.3) is 0 Å². The number of carbonyl (C=O) groups is 1. The molecule has 4 heteroatoms. The molecule has 0 aromatic rings. The van der Waals surface area contributed by atoms with Gasteiger partial charge in [0.2, 0.25) is 0 Å². The highest BCUT2D eigenvalue weighted by Crippen LogP contribution is 2.18. The molecule has 4 nitrogen and oxygen atoms in total. The topological polar surface area (TPSA) is 60.8 Å². The van der Waals surface area contributed by atoms with E-state index < -0.39 is 11.6 Å². The van der Waals surface area contributed by atoms with Gasteiger partial charge in [-0.15, -0.1) is 0 Å². The van der Waals surface area contributed by atoms with Crippen LogP contribution in [-0.4, -0.2) is 39.8 Å². The van der Waals surface area contributed by atoms with Crippen molar-refractivity contribution in [2.24, 2.45) is 0 Å². The molecule has 1 saturated heterocycles. The first-order valence-corrected chi connectivity index (χ1v) is 2.56. The van der Waals surface area contributed by atoms with Crippen LogP contribution >= 0.6 is 0 Å². The SMILES string of the molecule is [CH2]N1CC(O)(C(=O)O)C1. The predicted molar refractivity (Wildman–Crippen MR) is 29.5 cm³/mol.